The summed E-state index contributed by atoms with van der Waals surface area (Å²) >= 11 is 13.4. The van der Waals surface area contributed by atoms with Gasteiger partial charge in [0.2, 0.25) is 0 Å². The molecule has 1 N–H and O–H groups in total. The number of thiazole rings is 1. The molecule has 0 spiro atoms. The molecule has 0 saturated carbocycles. The van der Waals surface area contributed by atoms with E-state index in [0.717, 1.165) is 16.9 Å². The maximum absolute atomic E-state index is 9.40. The van der Waals surface area contributed by atoms with Crippen LogP contribution in [0.25, 0.3) is 16.8 Å². The maximum Gasteiger partial charge on any atom is 0.136 e. The number of nitrogens with zero attached hydrogens (tertiary/aromatic N) is 2. The van der Waals surface area contributed by atoms with Crippen LogP contribution in [-0.2, 0) is 0 Å². The molecule has 0 unspecified atom stereocenters. The fourth-order valence-corrected chi connectivity index (χ4v) is 3.13. The number of hydrogen-bond donors (Lipinski definition) is 1. The molecule has 3 rings (SSSR count). The zero-order chi connectivity index (χ0) is 16.9. The van der Waals surface area contributed by atoms with Gasteiger partial charge in [0, 0.05) is 22.2 Å². The first kappa shape index (κ1) is 16.5. The van der Waals surface area contributed by atoms with Gasteiger partial charge in [0.15, 0.2) is 0 Å². The molecular weight excluding hydrogens is 361 g/mol. The van der Waals surface area contributed by atoms with E-state index >= 15 is 0 Å². The minimum atomic E-state index is 0.445. The fraction of sp³-hybridized carbons (Fsp3) is 0. The van der Waals surface area contributed by atoms with Crippen molar-refractivity contribution in [2.75, 3.05) is 5.32 Å². The van der Waals surface area contributed by atoms with Crippen LogP contribution >= 0.6 is 34.5 Å². The van der Waals surface area contributed by atoms with Gasteiger partial charge in [0.25, 0.3) is 0 Å². The van der Waals surface area contributed by atoms with E-state index in [1.54, 1.807) is 12.3 Å². The van der Waals surface area contributed by atoms with Crippen LogP contribution in [0.3, 0.4) is 0 Å². The Bertz CT molecular complexity index is 924. The number of aromatic nitrogens is 1. The predicted octanol–water partition coefficient (Wildman–Crippen LogP) is 6.09. The van der Waals surface area contributed by atoms with Gasteiger partial charge in [-0.2, -0.15) is 5.26 Å². The Kier molecular flexibility index (Phi) is 5.17. The molecule has 3 nitrogen and oxygen atoms in total. The fourth-order valence-electron chi connectivity index (χ4n) is 2.02. The van der Waals surface area contributed by atoms with Crippen molar-refractivity contribution in [1.82, 2.24) is 4.98 Å². The number of benzene rings is 2. The molecule has 0 saturated heterocycles. The number of hydrogen-bond acceptors (Lipinski definition) is 4. The van der Waals surface area contributed by atoms with Gasteiger partial charge in [-0.05, 0) is 24.3 Å². The van der Waals surface area contributed by atoms with E-state index in [4.69, 9.17) is 23.2 Å². The summed E-state index contributed by atoms with van der Waals surface area (Å²) in [5.74, 6) is 0. The first-order valence-corrected chi connectivity index (χ1v) is 8.64. The normalized spacial score (nSPS) is 11.1. The largest absolute Gasteiger partial charge is 0.359 e. The zero-order valence-electron chi connectivity index (χ0n) is 12.3. The highest BCUT2D eigenvalue weighted by molar-refractivity contribution is 7.11. The minimum absolute atomic E-state index is 0.445. The summed E-state index contributed by atoms with van der Waals surface area (Å²) in [6.45, 7) is 0. The van der Waals surface area contributed by atoms with Gasteiger partial charge < -0.3 is 5.32 Å². The summed E-state index contributed by atoms with van der Waals surface area (Å²) in [5.41, 5.74) is 2.95. The summed E-state index contributed by atoms with van der Waals surface area (Å²) in [4.78, 5) is 4.53. The standard InChI is InChI=1S/C18H11Cl2N3S/c19-14-7-5-12(6-8-14)17-11-24-18(23-17)13(9-21)10-22-16-4-2-1-3-15(16)20/h1-8,10-11,22H. The molecule has 0 amide bonds. The molecule has 118 valence electrons. The Morgan fingerprint density at radius 1 is 1.12 bits per heavy atom. The Morgan fingerprint density at radius 3 is 2.58 bits per heavy atom. The third-order valence-electron chi connectivity index (χ3n) is 3.24. The summed E-state index contributed by atoms with van der Waals surface area (Å²) < 4.78 is 0. The molecule has 0 aliphatic carbocycles. The summed E-state index contributed by atoms with van der Waals surface area (Å²) in [6.07, 6.45) is 1.62. The lowest BCUT2D eigenvalue weighted by atomic mass is 10.2. The molecule has 0 radical (unpaired) electrons. The number of anilines is 1. The van der Waals surface area contributed by atoms with Crippen molar-refractivity contribution in [1.29, 1.82) is 5.26 Å². The Labute approximate surface area is 153 Å². The van der Waals surface area contributed by atoms with Crippen LogP contribution in [0, 0.1) is 11.3 Å². The molecule has 1 aromatic heterocycles. The van der Waals surface area contributed by atoms with Crippen LogP contribution in [0.5, 0.6) is 0 Å². The Balaban J connectivity index is 1.84. The van der Waals surface area contributed by atoms with Crippen molar-refractivity contribution in [3.8, 4) is 17.3 Å². The molecule has 1 heterocycles. The summed E-state index contributed by atoms with van der Waals surface area (Å²) in [5, 5.41) is 16.3. The van der Waals surface area contributed by atoms with Crippen molar-refractivity contribution in [2.24, 2.45) is 0 Å². The summed E-state index contributed by atoms with van der Waals surface area (Å²) in [6, 6.07) is 16.9. The minimum Gasteiger partial charge on any atom is -0.359 e. The lowest BCUT2D eigenvalue weighted by Gasteiger charge is -2.03. The highest BCUT2D eigenvalue weighted by Crippen LogP contribution is 2.27. The van der Waals surface area contributed by atoms with Gasteiger partial charge in [0.1, 0.15) is 16.6 Å². The predicted molar refractivity (Wildman–Crippen MR) is 101 cm³/mol. The highest BCUT2D eigenvalue weighted by atomic mass is 35.5. The molecular formula is C18H11Cl2N3S. The Morgan fingerprint density at radius 2 is 1.88 bits per heavy atom. The molecule has 0 bridgehead atoms. The van der Waals surface area contributed by atoms with E-state index in [0.29, 0.717) is 20.6 Å². The second-order valence-electron chi connectivity index (χ2n) is 4.84. The van der Waals surface area contributed by atoms with E-state index < -0.39 is 0 Å². The lowest BCUT2D eigenvalue weighted by molar-refractivity contribution is 1.36. The van der Waals surface area contributed by atoms with Crippen LogP contribution in [0.15, 0.2) is 60.1 Å². The average molecular weight is 372 g/mol. The highest BCUT2D eigenvalue weighted by Gasteiger charge is 2.09. The number of allylic oxidation sites excluding steroid dienone is 1. The van der Waals surface area contributed by atoms with Crippen LogP contribution in [0.4, 0.5) is 5.69 Å². The monoisotopic (exact) mass is 371 g/mol. The van der Waals surface area contributed by atoms with E-state index in [1.807, 2.05) is 47.8 Å². The van der Waals surface area contributed by atoms with E-state index in [2.05, 4.69) is 16.4 Å². The molecule has 24 heavy (non-hydrogen) atoms. The number of nitriles is 1. The van der Waals surface area contributed by atoms with E-state index in [9.17, 15) is 5.26 Å². The quantitative estimate of drug-likeness (QED) is 0.564. The third-order valence-corrected chi connectivity index (χ3v) is 4.70. The number of halogens is 2. The first-order chi connectivity index (χ1) is 11.7. The number of rotatable bonds is 4. The van der Waals surface area contributed by atoms with E-state index in [1.165, 1.54) is 11.3 Å². The van der Waals surface area contributed by atoms with Gasteiger partial charge in [-0.3, -0.25) is 0 Å². The third kappa shape index (κ3) is 3.77. The van der Waals surface area contributed by atoms with Gasteiger partial charge in [-0.1, -0.05) is 47.5 Å². The second kappa shape index (κ2) is 7.50. The molecule has 0 atom stereocenters. The van der Waals surface area contributed by atoms with Crippen LogP contribution in [0.1, 0.15) is 5.01 Å². The molecule has 0 aliphatic heterocycles. The lowest BCUT2D eigenvalue weighted by Crippen LogP contribution is -1.91. The van der Waals surface area contributed by atoms with Crippen molar-refractivity contribution >= 4 is 45.8 Å². The van der Waals surface area contributed by atoms with Gasteiger partial charge in [0.05, 0.1) is 16.4 Å². The topological polar surface area (TPSA) is 48.7 Å². The molecule has 6 heteroatoms. The van der Waals surface area contributed by atoms with Crippen molar-refractivity contribution in [2.45, 2.75) is 0 Å². The van der Waals surface area contributed by atoms with E-state index in [-0.39, 0.29) is 0 Å². The molecule has 2 aromatic carbocycles. The second-order valence-corrected chi connectivity index (χ2v) is 6.54. The Hall–Kier alpha value is -2.32. The molecule has 0 fully saturated rings. The van der Waals surface area contributed by atoms with Crippen LogP contribution < -0.4 is 5.32 Å². The van der Waals surface area contributed by atoms with Gasteiger partial charge >= 0.3 is 0 Å². The van der Waals surface area contributed by atoms with Crippen molar-refractivity contribution in [3.63, 3.8) is 0 Å². The average Bonchev–Trinajstić information content (AvgIpc) is 3.07. The molecule has 0 aliphatic rings. The van der Waals surface area contributed by atoms with Crippen molar-refractivity contribution < 1.29 is 0 Å². The number of para-hydroxylation sites is 1. The maximum atomic E-state index is 9.40. The van der Waals surface area contributed by atoms with Gasteiger partial charge in [-0.25, -0.2) is 4.98 Å². The zero-order valence-corrected chi connectivity index (χ0v) is 14.7. The SMILES string of the molecule is N#CC(=CNc1ccccc1Cl)c1nc(-c2ccc(Cl)cc2)cs1. The van der Waals surface area contributed by atoms with Gasteiger partial charge in [-0.15, -0.1) is 11.3 Å². The number of nitrogens with one attached hydrogen (secondary N) is 1. The van der Waals surface area contributed by atoms with Crippen molar-refractivity contribution in [3.05, 3.63) is 75.2 Å². The van der Waals surface area contributed by atoms with Crippen LogP contribution in [0.2, 0.25) is 10.0 Å². The summed E-state index contributed by atoms with van der Waals surface area (Å²) in [7, 11) is 0. The smallest absolute Gasteiger partial charge is 0.136 e. The first-order valence-electron chi connectivity index (χ1n) is 7.00. The molecule has 3 aromatic rings. The van der Waals surface area contributed by atoms with Crippen LogP contribution in [-0.4, -0.2) is 4.98 Å².